The van der Waals surface area contributed by atoms with Crippen LogP contribution in [0.3, 0.4) is 0 Å². The van der Waals surface area contributed by atoms with E-state index in [1.807, 2.05) is 13.8 Å². The number of aromatic nitrogens is 2. The van der Waals surface area contributed by atoms with Crippen LogP contribution in [-0.4, -0.2) is 70.3 Å². The average Bonchev–Trinajstić information content (AvgIpc) is 3.47. The number of nitrogens with one attached hydrogen (secondary N) is 1. The molecule has 3 N–H and O–H groups in total. The maximum Gasteiger partial charge on any atom is 0.264 e. The van der Waals surface area contributed by atoms with Gasteiger partial charge < -0.3 is 15.4 Å². The molecule has 4 heterocycles. The van der Waals surface area contributed by atoms with Crippen LogP contribution in [0.25, 0.3) is 26.5 Å². The number of hydrogen-bond donors (Lipinski definition) is 2. The van der Waals surface area contributed by atoms with Crippen molar-refractivity contribution in [2.75, 3.05) is 26.2 Å². The van der Waals surface area contributed by atoms with Gasteiger partial charge in [-0.05, 0) is 31.0 Å². The Kier molecular flexibility index (Phi) is 10.3. The Morgan fingerprint density at radius 3 is 2.62 bits per heavy atom. The summed E-state index contributed by atoms with van der Waals surface area (Å²) in [5.74, 6) is -0.307. The quantitative estimate of drug-likeness (QED) is 0.362. The summed E-state index contributed by atoms with van der Waals surface area (Å²) in [7, 11) is 0. The van der Waals surface area contributed by atoms with Gasteiger partial charge in [0.2, 0.25) is 11.8 Å². The Hall–Kier alpha value is -4.13. The lowest BCUT2D eigenvalue weighted by atomic mass is 9.90. The SMILES string of the molecule is CC.CC(=O)N1CCC2=C(C1)c1cc(C(F)F)c(-c3nc4cc(C(N)=O)cnc4s3)cc1OCCN=CNN2C1CCCCC1. The highest BCUT2D eigenvalue weighted by Crippen LogP contribution is 2.43. The van der Waals surface area contributed by atoms with Crippen LogP contribution in [0.4, 0.5) is 8.78 Å². The molecule has 2 aliphatic heterocycles. The molecule has 6 rings (SSSR count). The molecule has 13 heteroatoms. The van der Waals surface area contributed by atoms with Gasteiger partial charge in [0, 0.05) is 60.6 Å². The number of hydrogen-bond acceptors (Lipinski definition) is 9. The number of pyridine rings is 1. The van der Waals surface area contributed by atoms with E-state index < -0.39 is 12.3 Å². The Balaban J connectivity index is 0.00000196. The van der Waals surface area contributed by atoms with E-state index in [9.17, 15) is 18.4 Å². The number of nitrogens with two attached hydrogens (primary N) is 1. The molecular formula is C32H39F2N7O3S. The first-order valence-electron chi connectivity index (χ1n) is 15.5. The molecular weight excluding hydrogens is 600 g/mol. The second-order valence-corrected chi connectivity index (χ2v) is 11.9. The summed E-state index contributed by atoms with van der Waals surface area (Å²) in [5.41, 5.74) is 11.7. The first-order valence-corrected chi connectivity index (χ1v) is 16.3. The predicted octanol–water partition coefficient (Wildman–Crippen LogP) is 5.94. The Labute approximate surface area is 265 Å². The molecule has 1 fully saturated rings. The molecule has 3 aromatic rings. The van der Waals surface area contributed by atoms with Crippen LogP contribution in [0, 0.1) is 0 Å². The smallest absolute Gasteiger partial charge is 0.264 e. The van der Waals surface area contributed by atoms with Crippen molar-refractivity contribution in [3.8, 4) is 16.3 Å². The van der Waals surface area contributed by atoms with Crippen molar-refractivity contribution >= 4 is 45.4 Å². The molecule has 0 atom stereocenters. The fourth-order valence-electron chi connectivity index (χ4n) is 6.04. The molecule has 0 saturated heterocycles. The Morgan fingerprint density at radius 2 is 1.91 bits per heavy atom. The minimum atomic E-state index is -2.81. The zero-order valence-corrected chi connectivity index (χ0v) is 26.6. The second kappa shape index (κ2) is 14.3. The number of halogens is 2. The molecule has 1 aromatic carbocycles. The normalized spacial score (nSPS) is 17.5. The third-order valence-electron chi connectivity index (χ3n) is 8.23. The monoisotopic (exact) mass is 639 g/mol. The van der Waals surface area contributed by atoms with Crippen LogP contribution in [0.15, 0.2) is 35.1 Å². The van der Waals surface area contributed by atoms with Crippen molar-refractivity contribution in [3.63, 3.8) is 0 Å². The average molecular weight is 640 g/mol. The topological polar surface area (TPSA) is 126 Å². The molecule has 45 heavy (non-hydrogen) atoms. The summed E-state index contributed by atoms with van der Waals surface area (Å²) in [6.07, 6.45) is 6.19. The van der Waals surface area contributed by atoms with Gasteiger partial charge in [0.25, 0.3) is 6.43 Å². The van der Waals surface area contributed by atoms with Gasteiger partial charge in [0.05, 0.1) is 18.2 Å². The number of amides is 2. The maximum absolute atomic E-state index is 14.8. The largest absolute Gasteiger partial charge is 0.491 e. The lowest BCUT2D eigenvalue weighted by Crippen LogP contribution is -2.48. The number of carbonyl (C=O) groups excluding carboxylic acids is 2. The van der Waals surface area contributed by atoms with Crippen LogP contribution >= 0.6 is 11.3 Å². The van der Waals surface area contributed by atoms with Crippen molar-refractivity contribution in [1.29, 1.82) is 0 Å². The van der Waals surface area contributed by atoms with Gasteiger partial charge in [-0.2, -0.15) is 0 Å². The summed E-state index contributed by atoms with van der Waals surface area (Å²) >= 11 is 1.15. The number of rotatable bonds is 4. The van der Waals surface area contributed by atoms with Crippen LogP contribution in [-0.2, 0) is 4.79 Å². The molecule has 2 aromatic heterocycles. The van der Waals surface area contributed by atoms with Gasteiger partial charge in [-0.25, -0.2) is 18.7 Å². The van der Waals surface area contributed by atoms with E-state index in [1.165, 1.54) is 31.7 Å². The highest BCUT2D eigenvalue weighted by atomic mass is 32.1. The number of aliphatic imine (C=N–C) groups is 1. The molecule has 0 spiro atoms. The number of hydrazine groups is 1. The minimum absolute atomic E-state index is 0.0786. The fraction of sp³-hybridized carbons (Fsp3) is 0.469. The van der Waals surface area contributed by atoms with Crippen molar-refractivity contribution in [1.82, 2.24) is 25.3 Å². The summed E-state index contributed by atoms with van der Waals surface area (Å²) in [5, 5.41) is 2.47. The van der Waals surface area contributed by atoms with Crippen LogP contribution in [0.5, 0.6) is 5.75 Å². The van der Waals surface area contributed by atoms with Crippen LogP contribution in [0.2, 0.25) is 0 Å². The van der Waals surface area contributed by atoms with E-state index >= 15 is 0 Å². The molecule has 1 saturated carbocycles. The molecule has 1 aliphatic carbocycles. The van der Waals surface area contributed by atoms with Crippen LogP contribution < -0.4 is 15.9 Å². The molecule has 240 valence electrons. The highest BCUT2D eigenvalue weighted by molar-refractivity contribution is 7.21. The molecule has 3 aliphatic rings. The lowest BCUT2D eigenvalue weighted by Gasteiger charge is -2.41. The zero-order valence-electron chi connectivity index (χ0n) is 25.8. The molecule has 10 nitrogen and oxygen atoms in total. The predicted molar refractivity (Wildman–Crippen MR) is 172 cm³/mol. The van der Waals surface area contributed by atoms with Crippen molar-refractivity contribution in [2.45, 2.75) is 71.8 Å². The van der Waals surface area contributed by atoms with E-state index in [2.05, 4.69) is 25.4 Å². The first kappa shape index (κ1) is 32.3. The fourth-order valence-corrected chi connectivity index (χ4v) is 6.97. The number of benzene rings is 1. The number of carbonyl (C=O) groups is 2. The van der Waals surface area contributed by atoms with Gasteiger partial charge in [0.1, 0.15) is 34.0 Å². The Bertz CT molecular complexity index is 1620. The van der Waals surface area contributed by atoms with Gasteiger partial charge in [0.15, 0.2) is 0 Å². The highest BCUT2D eigenvalue weighted by Gasteiger charge is 2.32. The molecule has 0 bridgehead atoms. The van der Waals surface area contributed by atoms with E-state index in [-0.39, 0.29) is 41.8 Å². The van der Waals surface area contributed by atoms with E-state index in [0.29, 0.717) is 46.2 Å². The molecule has 0 unspecified atom stereocenters. The van der Waals surface area contributed by atoms with Crippen LogP contribution in [0.1, 0.15) is 87.2 Å². The number of primary amides is 1. The Morgan fingerprint density at radius 1 is 1.13 bits per heavy atom. The third kappa shape index (κ3) is 6.92. The van der Waals surface area contributed by atoms with Crippen molar-refractivity contribution < 1.29 is 23.1 Å². The summed E-state index contributed by atoms with van der Waals surface area (Å²) < 4.78 is 35.9. The summed E-state index contributed by atoms with van der Waals surface area (Å²) in [6.45, 7) is 6.91. The standard InChI is InChI=1S/C30H33F2N7O3S.C2H6/c1-17(40)38-9-7-25-23(15-38)20-12-21(27(31)32)22(29-37-24-11-18(28(33)41)14-35-30(24)43-29)13-26(20)42-10-8-34-16-36-39(25)19-5-3-2-4-6-19;1-2/h11-14,16,19,27H,2-10,15H2,1H3,(H2,33,41)(H,34,36);1-2H3. The number of fused-ring (bicyclic) bond motifs is 3. The minimum Gasteiger partial charge on any atom is -0.491 e. The maximum atomic E-state index is 14.8. The summed E-state index contributed by atoms with van der Waals surface area (Å²) in [6, 6.07) is 4.82. The van der Waals surface area contributed by atoms with E-state index in [4.69, 9.17) is 10.5 Å². The zero-order chi connectivity index (χ0) is 32.1. The second-order valence-electron chi connectivity index (χ2n) is 11.0. The molecule has 2 amide bonds. The number of thiazole rings is 1. The van der Waals surface area contributed by atoms with Gasteiger partial charge in [-0.3, -0.25) is 25.0 Å². The number of ether oxygens (including phenoxy) is 1. The van der Waals surface area contributed by atoms with Gasteiger partial charge >= 0.3 is 0 Å². The first-order chi connectivity index (χ1) is 21.8. The van der Waals surface area contributed by atoms with Crippen molar-refractivity contribution in [2.24, 2.45) is 10.7 Å². The van der Waals surface area contributed by atoms with E-state index in [0.717, 1.165) is 48.3 Å². The molecule has 0 radical (unpaired) electrons. The van der Waals surface area contributed by atoms with Crippen molar-refractivity contribution in [3.05, 3.63) is 46.8 Å². The van der Waals surface area contributed by atoms with E-state index in [1.54, 1.807) is 17.3 Å². The van der Waals surface area contributed by atoms with Gasteiger partial charge in [-0.15, -0.1) is 0 Å². The lowest BCUT2D eigenvalue weighted by molar-refractivity contribution is -0.128. The number of alkyl halides is 2. The summed E-state index contributed by atoms with van der Waals surface area (Å²) in [4.78, 5) is 39.7. The van der Waals surface area contributed by atoms with Gasteiger partial charge in [-0.1, -0.05) is 44.4 Å². The third-order valence-corrected chi connectivity index (χ3v) is 9.24. The number of nitrogens with zero attached hydrogens (tertiary/aromatic N) is 5.